The summed E-state index contributed by atoms with van der Waals surface area (Å²) in [4.78, 5) is 22.4. The van der Waals surface area contributed by atoms with Gasteiger partial charge in [-0.15, -0.1) is 14.3 Å². The number of aromatic nitrogens is 6. The summed E-state index contributed by atoms with van der Waals surface area (Å²) < 4.78 is 7.44. The van der Waals surface area contributed by atoms with E-state index in [1.807, 2.05) is 60.7 Å². The fraction of sp³-hybridized carbons (Fsp3) is 0.214. The molecule has 3 aromatic heterocycles. The molecule has 2 unspecified atom stereocenters. The predicted molar refractivity (Wildman–Crippen MR) is 148 cm³/mol. The molecule has 0 radical (unpaired) electrons. The first kappa shape index (κ1) is 25.0. The van der Waals surface area contributed by atoms with Gasteiger partial charge in [-0.05, 0) is 48.5 Å². The van der Waals surface area contributed by atoms with Gasteiger partial charge in [0.15, 0.2) is 5.69 Å². The molecule has 10 nitrogen and oxygen atoms in total. The van der Waals surface area contributed by atoms with Gasteiger partial charge in [0, 0.05) is 36.6 Å². The van der Waals surface area contributed by atoms with Crippen molar-refractivity contribution in [2.24, 2.45) is 5.92 Å². The van der Waals surface area contributed by atoms with Crippen LogP contribution in [-0.2, 0) is 11.3 Å². The largest absolute Gasteiger partial charge is 0.481 e. The molecule has 1 saturated heterocycles. The van der Waals surface area contributed by atoms with Crippen LogP contribution in [0.3, 0.4) is 0 Å². The molecule has 196 valence electrons. The van der Waals surface area contributed by atoms with Crippen LogP contribution in [0.2, 0.25) is 0 Å². The van der Waals surface area contributed by atoms with Gasteiger partial charge in [-0.1, -0.05) is 52.8 Å². The number of carboxylic acid groups (broad SMARTS) is 1. The second kappa shape index (κ2) is 10.8. The number of pyridine rings is 1. The Morgan fingerprint density at radius 1 is 1.05 bits per heavy atom. The summed E-state index contributed by atoms with van der Waals surface area (Å²) in [5.74, 6) is -0.299. The highest BCUT2D eigenvalue weighted by Gasteiger charge is 2.26. The summed E-state index contributed by atoms with van der Waals surface area (Å²) in [6, 6.07) is 19.6. The third kappa shape index (κ3) is 5.21. The lowest BCUT2D eigenvalue weighted by Crippen LogP contribution is -2.38. The SMILES string of the molecule is O=C(O)C1CCCN(Cc2ccc(-c3noc(-c4nnn(-c5ccccc5P)c4-c4ccncc4)n3)cc2)C1. The Morgan fingerprint density at radius 2 is 1.85 bits per heavy atom. The molecule has 0 amide bonds. The summed E-state index contributed by atoms with van der Waals surface area (Å²) in [6.07, 6.45) is 5.08. The summed E-state index contributed by atoms with van der Waals surface area (Å²) in [6.45, 7) is 2.19. The minimum Gasteiger partial charge on any atom is -0.481 e. The molecule has 0 saturated carbocycles. The van der Waals surface area contributed by atoms with E-state index in [1.165, 1.54) is 0 Å². The van der Waals surface area contributed by atoms with E-state index in [4.69, 9.17) is 4.52 Å². The maximum Gasteiger partial charge on any atom is 0.307 e. The zero-order valence-corrected chi connectivity index (χ0v) is 22.2. The number of rotatable bonds is 7. The van der Waals surface area contributed by atoms with E-state index in [0.717, 1.165) is 52.8 Å². The van der Waals surface area contributed by atoms with E-state index in [-0.39, 0.29) is 11.8 Å². The summed E-state index contributed by atoms with van der Waals surface area (Å²) in [5.41, 5.74) is 4.84. The van der Waals surface area contributed by atoms with Gasteiger partial charge >= 0.3 is 5.97 Å². The molecule has 0 spiro atoms. The van der Waals surface area contributed by atoms with Gasteiger partial charge in [-0.2, -0.15) is 4.98 Å². The van der Waals surface area contributed by atoms with Crippen LogP contribution in [0.1, 0.15) is 18.4 Å². The minimum absolute atomic E-state index is 0.265. The predicted octanol–water partition coefficient (Wildman–Crippen LogP) is 3.84. The van der Waals surface area contributed by atoms with E-state index in [9.17, 15) is 9.90 Å². The van der Waals surface area contributed by atoms with E-state index in [0.29, 0.717) is 24.6 Å². The van der Waals surface area contributed by atoms with Crippen LogP contribution < -0.4 is 5.30 Å². The first-order valence-electron chi connectivity index (χ1n) is 12.7. The van der Waals surface area contributed by atoms with Crippen LogP contribution in [-0.4, -0.2) is 59.2 Å². The van der Waals surface area contributed by atoms with Gasteiger partial charge in [0.1, 0.15) is 5.69 Å². The molecule has 1 aliphatic rings. The van der Waals surface area contributed by atoms with E-state index in [2.05, 4.69) is 39.6 Å². The van der Waals surface area contributed by atoms with Gasteiger partial charge < -0.3 is 9.63 Å². The molecule has 2 atom stereocenters. The van der Waals surface area contributed by atoms with Crippen molar-refractivity contribution in [2.75, 3.05) is 13.1 Å². The van der Waals surface area contributed by atoms with Crippen molar-refractivity contribution in [3.63, 3.8) is 0 Å². The first-order valence-corrected chi connectivity index (χ1v) is 13.2. The average molecular weight is 540 g/mol. The number of hydrogen-bond donors (Lipinski definition) is 1. The van der Waals surface area contributed by atoms with Crippen LogP contribution in [0.15, 0.2) is 77.6 Å². The topological polar surface area (TPSA) is 123 Å². The molecule has 1 aliphatic heterocycles. The number of para-hydroxylation sites is 1. The molecule has 2 aromatic carbocycles. The van der Waals surface area contributed by atoms with Gasteiger partial charge in [-0.3, -0.25) is 14.7 Å². The van der Waals surface area contributed by atoms with E-state index >= 15 is 0 Å². The zero-order valence-electron chi connectivity index (χ0n) is 21.0. The number of carbonyl (C=O) groups is 1. The highest BCUT2D eigenvalue weighted by atomic mass is 31.0. The maximum absolute atomic E-state index is 11.4. The smallest absolute Gasteiger partial charge is 0.307 e. The molecule has 6 rings (SSSR count). The Kier molecular flexibility index (Phi) is 6.96. The van der Waals surface area contributed by atoms with Gasteiger partial charge in [-0.25, -0.2) is 4.68 Å². The number of aliphatic carboxylic acids is 1. The normalized spacial score (nSPS) is 15.9. The molecule has 0 aliphatic carbocycles. The van der Waals surface area contributed by atoms with Crippen molar-refractivity contribution in [3.8, 4) is 39.9 Å². The third-order valence-corrected chi connectivity index (χ3v) is 7.38. The maximum atomic E-state index is 11.4. The number of piperidine rings is 1. The minimum atomic E-state index is -0.715. The Morgan fingerprint density at radius 3 is 2.62 bits per heavy atom. The van der Waals surface area contributed by atoms with Gasteiger partial charge in [0.2, 0.25) is 5.82 Å². The van der Waals surface area contributed by atoms with Crippen LogP contribution in [0.25, 0.3) is 39.9 Å². The molecular weight excluding hydrogens is 513 g/mol. The summed E-state index contributed by atoms with van der Waals surface area (Å²) in [7, 11) is 2.73. The molecule has 11 heteroatoms. The standard InChI is InChI=1S/C28H26N7O3P/c36-28(37)21-4-3-15-34(17-21)16-18-7-9-20(10-8-18)26-30-27(38-32-26)24-25(19-11-13-29-14-12-19)35(33-31-24)22-5-1-2-6-23(22)39/h1-2,5-14,21H,3-4,15-17,39H2,(H,36,37). The number of hydrogen-bond acceptors (Lipinski definition) is 8. The van der Waals surface area contributed by atoms with Crippen molar-refractivity contribution in [2.45, 2.75) is 19.4 Å². The molecule has 5 aromatic rings. The summed E-state index contributed by atoms with van der Waals surface area (Å²) >= 11 is 0. The second-order valence-electron chi connectivity index (χ2n) is 9.53. The number of benzene rings is 2. The van der Waals surface area contributed by atoms with Gasteiger partial charge in [0.25, 0.3) is 5.89 Å². The van der Waals surface area contributed by atoms with Crippen LogP contribution in [0.4, 0.5) is 0 Å². The summed E-state index contributed by atoms with van der Waals surface area (Å²) in [5, 5.41) is 23.4. The molecule has 1 N–H and O–H groups in total. The number of carboxylic acids is 1. The molecule has 0 bridgehead atoms. The van der Waals surface area contributed by atoms with E-state index < -0.39 is 5.97 Å². The monoisotopic (exact) mass is 539 g/mol. The Labute approximate surface area is 226 Å². The fourth-order valence-electron chi connectivity index (χ4n) is 4.90. The molecule has 1 fully saturated rings. The lowest BCUT2D eigenvalue weighted by atomic mass is 9.98. The highest BCUT2D eigenvalue weighted by molar-refractivity contribution is 7.27. The van der Waals surface area contributed by atoms with Crippen LogP contribution in [0.5, 0.6) is 0 Å². The average Bonchev–Trinajstić information content (AvgIpc) is 3.62. The quantitative estimate of drug-likeness (QED) is 0.307. The van der Waals surface area contributed by atoms with Crippen molar-refractivity contribution >= 4 is 20.5 Å². The van der Waals surface area contributed by atoms with E-state index in [1.54, 1.807) is 17.1 Å². The Bertz CT molecular complexity index is 1600. The van der Waals surface area contributed by atoms with Crippen molar-refractivity contribution in [1.29, 1.82) is 0 Å². The second-order valence-corrected chi connectivity index (χ2v) is 10.1. The molecular formula is C28H26N7O3P. The fourth-order valence-corrected chi connectivity index (χ4v) is 5.23. The third-order valence-electron chi connectivity index (χ3n) is 6.89. The Balaban J connectivity index is 1.27. The number of likely N-dealkylation sites (tertiary alicyclic amines) is 1. The lowest BCUT2D eigenvalue weighted by Gasteiger charge is -2.30. The molecule has 4 heterocycles. The van der Waals surface area contributed by atoms with Crippen molar-refractivity contribution in [3.05, 3.63) is 78.6 Å². The Hall–Kier alpha value is -4.27. The number of nitrogens with zero attached hydrogens (tertiary/aromatic N) is 7. The lowest BCUT2D eigenvalue weighted by molar-refractivity contribution is -0.143. The molecule has 39 heavy (non-hydrogen) atoms. The zero-order chi connectivity index (χ0) is 26.8. The van der Waals surface area contributed by atoms with Crippen LogP contribution >= 0.6 is 9.24 Å². The van der Waals surface area contributed by atoms with Crippen molar-refractivity contribution in [1.82, 2.24) is 35.0 Å². The van der Waals surface area contributed by atoms with Gasteiger partial charge in [0.05, 0.1) is 11.6 Å². The van der Waals surface area contributed by atoms with Crippen LogP contribution in [0, 0.1) is 5.92 Å². The first-order chi connectivity index (χ1) is 19.1. The van der Waals surface area contributed by atoms with Crippen molar-refractivity contribution < 1.29 is 14.4 Å². The highest BCUT2D eigenvalue weighted by Crippen LogP contribution is 2.32.